The molecule has 0 atom stereocenters. The van der Waals surface area contributed by atoms with Crippen LogP contribution in [0.25, 0.3) is 0 Å². The third-order valence-electron chi connectivity index (χ3n) is 7.05. The fourth-order valence-corrected chi connectivity index (χ4v) is 4.80. The number of carbonyl (C=O) groups excluding carboxylic acids is 2. The normalized spacial score (nSPS) is 10.8. The number of benzene rings is 1. The van der Waals surface area contributed by atoms with Crippen molar-refractivity contribution in [2.75, 3.05) is 0 Å². The Balaban J connectivity index is 1.88. The molecule has 0 aliphatic rings. The molecule has 3 aromatic rings. The monoisotopic (exact) mass is 544 g/mol. The average Bonchev–Trinajstić information content (AvgIpc) is 2.97. The molecule has 0 radical (unpaired) electrons. The van der Waals surface area contributed by atoms with E-state index in [1.807, 2.05) is 12.1 Å². The van der Waals surface area contributed by atoms with Crippen LogP contribution in [0, 0.1) is 0 Å². The van der Waals surface area contributed by atoms with Gasteiger partial charge in [-0.2, -0.15) is 0 Å². The number of ether oxygens (including phenoxy) is 2. The molecule has 1 aromatic carbocycles. The number of aryl methyl sites for hydroxylation is 2. The molecule has 0 saturated carbocycles. The van der Waals surface area contributed by atoms with Gasteiger partial charge in [0.2, 0.25) is 11.8 Å². The number of hydrogen-bond acceptors (Lipinski definition) is 6. The molecule has 0 bridgehead atoms. The summed E-state index contributed by atoms with van der Waals surface area (Å²) in [5.74, 6) is -0.876. The Morgan fingerprint density at radius 3 is 1.35 bits per heavy atom. The highest BCUT2D eigenvalue weighted by Crippen LogP contribution is 2.25. The maximum absolute atomic E-state index is 13.4. The molecule has 0 amide bonds. The highest BCUT2D eigenvalue weighted by molar-refractivity contribution is 6.04. The van der Waals surface area contributed by atoms with Gasteiger partial charge in [-0.1, -0.05) is 90.2 Å². The first kappa shape index (κ1) is 31.0. The lowest BCUT2D eigenvalue weighted by atomic mass is 9.91. The number of hydrogen-bond donors (Lipinski definition) is 0. The zero-order chi connectivity index (χ0) is 28.4. The summed E-state index contributed by atoms with van der Waals surface area (Å²) in [7, 11) is 0. The van der Waals surface area contributed by atoms with Crippen molar-refractivity contribution in [3.63, 3.8) is 0 Å². The summed E-state index contributed by atoms with van der Waals surface area (Å²) in [6, 6.07) is 13.9. The standard InChI is InChI=1S/C34H44N2O4/c1-3-5-7-9-11-13-19-27-25-29(33(37)39-31-21-15-17-23-35-31)30(34(38)40-32-22-16-18-24-36-32)26-28(27)20-14-12-10-8-6-4-2/h15-18,21-26H,3-14,19-20H2,1-2H3. The predicted octanol–water partition coefficient (Wildman–Crippen LogP) is 8.72. The van der Waals surface area contributed by atoms with Crippen LogP contribution in [0.1, 0.15) is 123 Å². The van der Waals surface area contributed by atoms with Gasteiger partial charge >= 0.3 is 11.9 Å². The van der Waals surface area contributed by atoms with Crippen LogP contribution >= 0.6 is 0 Å². The molecule has 0 N–H and O–H groups in total. The molecule has 0 saturated heterocycles. The molecule has 6 nitrogen and oxygen atoms in total. The fourth-order valence-electron chi connectivity index (χ4n) is 4.80. The highest BCUT2D eigenvalue weighted by atomic mass is 16.5. The molecule has 0 unspecified atom stereocenters. The summed E-state index contributed by atoms with van der Waals surface area (Å²) < 4.78 is 11.1. The van der Waals surface area contributed by atoms with Crippen LogP contribution in [0.5, 0.6) is 11.8 Å². The van der Waals surface area contributed by atoms with Crippen molar-refractivity contribution in [2.24, 2.45) is 0 Å². The van der Waals surface area contributed by atoms with Crippen LogP contribution in [0.3, 0.4) is 0 Å². The molecule has 6 heteroatoms. The van der Waals surface area contributed by atoms with Crippen LogP contribution in [-0.2, 0) is 12.8 Å². The lowest BCUT2D eigenvalue weighted by Gasteiger charge is -2.16. The summed E-state index contributed by atoms with van der Waals surface area (Å²) in [6.45, 7) is 4.45. The summed E-state index contributed by atoms with van der Waals surface area (Å²) in [5.41, 5.74) is 2.59. The Kier molecular flexibility index (Phi) is 13.9. The van der Waals surface area contributed by atoms with Crippen molar-refractivity contribution in [2.45, 2.75) is 104 Å². The Bertz CT molecular complexity index is 1070. The molecule has 0 aliphatic heterocycles. The van der Waals surface area contributed by atoms with E-state index in [0.717, 1.165) is 49.7 Å². The number of esters is 2. The maximum Gasteiger partial charge on any atom is 0.345 e. The van der Waals surface area contributed by atoms with Crippen LogP contribution < -0.4 is 9.47 Å². The van der Waals surface area contributed by atoms with Gasteiger partial charge in [-0.05, 0) is 61.1 Å². The summed E-state index contributed by atoms with van der Waals surface area (Å²) >= 11 is 0. The molecule has 2 aromatic heterocycles. The van der Waals surface area contributed by atoms with E-state index in [9.17, 15) is 9.59 Å². The zero-order valence-electron chi connectivity index (χ0n) is 24.2. The number of unbranched alkanes of at least 4 members (excludes halogenated alkanes) is 10. The highest BCUT2D eigenvalue weighted by Gasteiger charge is 2.24. The average molecular weight is 545 g/mol. The van der Waals surface area contributed by atoms with Gasteiger partial charge in [0.05, 0.1) is 11.1 Å². The Hall–Kier alpha value is -3.54. The molecule has 2 heterocycles. The Morgan fingerprint density at radius 2 is 0.975 bits per heavy atom. The van der Waals surface area contributed by atoms with E-state index in [-0.39, 0.29) is 22.9 Å². The van der Waals surface area contributed by atoms with Crippen LogP contribution in [0.2, 0.25) is 0 Å². The molecule has 0 spiro atoms. The van der Waals surface area contributed by atoms with E-state index in [1.54, 1.807) is 48.8 Å². The first-order valence-corrected chi connectivity index (χ1v) is 15.0. The molecule has 0 fully saturated rings. The van der Waals surface area contributed by atoms with Gasteiger partial charge in [-0.3, -0.25) is 0 Å². The summed E-state index contributed by atoms with van der Waals surface area (Å²) in [4.78, 5) is 35.0. The minimum absolute atomic E-state index is 0.185. The molecular weight excluding hydrogens is 500 g/mol. The van der Waals surface area contributed by atoms with Gasteiger partial charge in [0.25, 0.3) is 0 Å². The van der Waals surface area contributed by atoms with Gasteiger partial charge < -0.3 is 9.47 Å². The second-order valence-corrected chi connectivity index (χ2v) is 10.3. The van der Waals surface area contributed by atoms with Gasteiger partial charge in [-0.25, -0.2) is 19.6 Å². The minimum Gasteiger partial charge on any atom is -0.404 e. The zero-order valence-corrected chi connectivity index (χ0v) is 24.2. The number of carbonyl (C=O) groups is 2. The van der Waals surface area contributed by atoms with Crippen LogP contribution in [-0.4, -0.2) is 21.9 Å². The number of pyridine rings is 2. The number of aromatic nitrogens is 2. The number of nitrogens with zero attached hydrogens (tertiary/aromatic N) is 2. The van der Waals surface area contributed by atoms with Crippen molar-refractivity contribution in [3.8, 4) is 11.8 Å². The minimum atomic E-state index is -0.623. The second-order valence-electron chi connectivity index (χ2n) is 10.3. The van der Waals surface area contributed by atoms with Gasteiger partial charge in [0.15, 0.2) is 0 Å². The molecule has 40 heavy (non-hydrogen) atoms. The van der Waals surface area contributed by atoms with E-state index < -0.39 is 11.9 Å². The lowest BCUT2D eigenvalue weighted by molar-refractivity contribution is 0.0684. The second kappa shape index (κ2) is 17.9. The molecule has 3 rings (SSSR count). The molecule has 214 valence electrons. The Labute approximate surface area is 239 Å². The van der Waals surface area contributed by atoms with E-state index in [4.69, 9.17) is 9.47 Å². The quantitative estimate of drug-likeness (QED) is 0.118. The van der Waals surface area contributed by atoms with Crippen LogP contribution in [0.15, 0.2) is 60.9 Å². The van der Waals surface area contributed by atoms with Gasteiger partial charge in [0, 0.05) is 24.5 Å². The Morgan fingerprint density at radius 1 is 0.575 bits per heavy atom. The SMILES string of the molecule is CCCCCCCCc1cc(C(=O)Oc2ccccn2)c(C(=O)Oc2ccccn2)cc1CCCCCCCC. The van der Waals surface area contributed by atoms with Crippen molar-refractivity contribution >= 4 is 11.9 Å². The molecule has 0 aliphatic carbocycles. The number of rotatable bonds is 18. The fraction of sp³-hybridized carbons (Fsp3) is 0.471. The van der Waals surface area contributed by atoms with Gasteiger partial charge in [0.1, 0.15) is 0 Å². The van der Waals surface area contributed by atoms with Crippen LogP contribution in [0.4, 0.5) is 0 Å². The van der Waals surface area contributed by atoms with Crippen molar-refractivity contribution in [1.29, 1.82) is 0 Å². The predicted molar refractivity (Wildman–Crippen MR) is 159 cm³/mol. The topological polar surface area (TPSA) is 78.4 Å². The van der Waals surface area contributed by atoms with E-state index in [2.05, 4.69) is 23.8 Å². The van der Waals surface area contributed by atoms with Crippen molar-refractivity contribution < 1.29 is 19.1 Å². The summed E-state index contributed by atoms with van der Waals surface area (Å²) in [5, 5.41) is 0. The third-order valence-corrected chi connectivity index (χ3v) is 7.05. The van der Waals surface area contributed by atoms with E-state index in [1.165, 1.54) is 51.4 Å². The first-order valence-electron chi connectivity index (χ1n) is 15.0. The largest absolute Gasteiger partial charge is 0.404 e. The first-order chi connectivity index (χ1) is 19.6. The third kappa shape index (κ3) is 10.6. The lowest BCUT2D eigenvalue weighted by Crippen LogP contribution is -2.19. The smallest absolute Gasteiger partial charge is 0.345 e. The molecular formula is C34H44N2O4. The van der Waals surface area contributed by atoms with E-state index >= 15 is 0 Å². The maximum atomic E-state index is 13.4. The van der Waals surface area contributed by atoms with Gasteiger partial charge in [-0.15, -0.1) is 0 Å². The summed E-state index contributed by atoms with van der Waals surface area (Å²) in [6.07, 6.45) is 19.1. The van der Waals surface area contributed by atoms with Crippen molar-refractivity contribution in [3.05, 3.63) is 83.2 Å². The van der Waals surface area contributed by atoms with Crippen molar-refractivity contribution in [1.82, 2.24) is 9.97 Å². The van der Waals surface area contributed by atoms with E-state index in [0.29, 0.717) is 0 Å².